The lowest BCUT2D eigenvalue weighted by molar-refractivity contribution is -0.127. The van der Waals surface area contributed by atoms with Crippen molar-refractivity contribution < 1.29 is 13.2 Å². The van der Waals surface area contributed by atoms with Gasteiger partial charge in [0.2, 0.25) is 15.9 Å². The van der Waals surface area contributed by atoms with E-state index in [-0.39, 0.29) is 17.6 Å². The van der Waals surface area contributed by atoms with E-state index in [0.717, 1.165) is 5.56 Å². The molecule has 1 aliphatic heterocycles. The Kier molecular flexibility index (Phi) is 6.14. The van der Waals surface area contributed by atoms with Crippen LogP contribution < -0.4 is 5.14 Å². The average Bonchev–Trinajstić information content (AvgIpc) is 2.87. The van der Waals surface area contributed by atoms with Crippen molar-refractivity contribution in [1.82, 2.24) is 4.90 Å². The Morgan fingerprint density at radius 1 is 1.41 bits per heavy atom. The molecule has 0 saturated carbocycles. The molecule has 0 radical (unpaired) electrons. The first-order valence-corrected chi connectivity index (χ1v) is 10.2. The van der Waals surface area contributed by atoms with Gasteiger partial charge in [0.25, 0.3) is 0 Å². The Balaban J connectivity index is 1.76. The van der Waals surface area contributed by atoms with Gasteiger partial charge in [-0.2, -0.15) is 0 Å². The summed E-state index contributed by atoms with van der Waals surface area (Å²) in [5.74, 6) is 0.984. The Labute approximate surface area is 140 Å². The van der Waals surface area contributed by atoms with Gasteiger partial charge in [-0.15, -0.1) is 11.8 Å². The minimum atomic E-state index is -3.47. The molecule has 1 aromatic rings. The van der Waals surface area contributed by atoms with Gasteiger partial charge >= 0.3 is 0 Å². The summed E-state index contributed by atoms with van der Waals surface area (Å²) in [5.41, 5.74) is 1.01. The van der Waals surface area contributed by atoms with Gasteiger partial charge in [-0.3, -0.25) is 4.79 Å². The Morgan fingerprint density at radius 2 is 2.14 bits per heavy atom. The number of carbonyl (C=O) groups excluding carboxylic acids is 1. The highest BCUT2D eigenvalue weighted by Gasteiger charge is 2.28. The van der Waals surface area contributed by atoms with Crippen LogP contribution in [0.4, 0.5) is 0 Å². The van der Waals surface area contributed by atoms with E-state index >= 15 is 0 Å². The van der Waals surface area contributed by atoms with Crippen molar-refractivity contribution in [3.8, 4) is 0 Å². The molecule has 1 atom stereocenters. The summed E-state index contributed by atoms with van der Waals surface area (Å²) in [4.78, 5) is 13.8. The second-order valence-corrected chi connectivity index (χ2v) is 8.46. The lowest BCUT2D eigenvalue weighted by atomic mass is 10.2. The van der Waals surface area contributed by atoms with Gasteiger partial charge < -0.3 is 4.90 Å². The number of carbonyl (C=O) groups is 1. The van der Waals surface area contributed by atoms with Crippen LogP contribution in [0.25, 0.3) is 0 Å². The van der Waals surface area contributed by atoms with Crippen molar-refractivity contribution in [2.45, 2.75) is 12.2 Å². The predicted molar refractivity (Wildman–Crippen MR) is 90.3 cm³/mol. The Bertz CT molecular complexity index is 637. The fourth-order valence-electron chi connectivity index (χ4n) is 2.48. The van der Waals surface area contributed by atoms with E-state index in [4.69, 9.17) is 16.7 Å². The molecule has 0 spiro atoms. The molecule has 1 unspecified atom stereocenters. The number of benzene rings is 1. The minimum Gasteiger partial charge on any atom is -0.342 e. The summed E-state index contributed by atoms with van der Waals surface area (Å²) in [6.07, 6.45) is 0.692. The number of halogens is 1. The van der Waals surface area contributed by atoms with Crippen LogP contribution in [0, 0.1) is 5.92 Å². The standard InChI is InChI=1S/C14H19ClN2O3S2/c15-13-4-2-1-3-12(13)8-21-9-14(18)17-6-5-11(7-17)10-22(16,19)20/h1-4,11H,5-10H2,(H2,16,19,20). The molecule has 1 amide bonds. The van der Waals surface area contributed by atoms with Crippen LogP contribution in [0.1, 0.15) is 12.0 Å². The van der Waals surface area contributed by atoms with E-state index in [1.165, 1.54) is 11.8 Å². The van der Waals surface area contributed by atoms with Crippen LogP contribution in [0.15, 0.2) is 24.3 Å². The van der Waals surface area contributed by atoms with Gasteiger partial charge in [0, 0.05) is 23.9 Å². The number of likely N-dealkylation sites (tertiary alicyclic amines) is 1. The molecule has 8 heteroatoms. The van der Waals surface area contributed by atoms with Crippen molar-refractivity contribution in [3.05, 3.63) is 34.9 Å². The molecule has 1 heterocycles. The third-order valence-electron chi connectivity index (χ3n) is 3.55. The number of primary sulfonamides is 1. The molecule has 2 N–H and O–H groups in total. The van der Waals surface area contributed by atoms with Crippen LogP contribution in [-0.2, 0) is 20.6 Å². The number of rotatable bonds is 6. The van der Waals surface area contributed by atoms with E-state index in [0.29, 0.717) is 36.0 Å². The molecule has 0 bridgehead atoms. The molecule has 1 fully saturated rings. The lowest BCUT2D eigenvalue weighted by Gasteiger charge is -2.16. The van der Waals surface area contributed by atoms with Gasteiger partial charge in [0.05, 0.1) is 11.5 Å². The monoisotopic (exact) mass is 362 g/mol. The van der Waals surface area contributed by atoms with Crippen molar-refractivity contribution in [1.29, 1.82) is 0 Å². The predicted octanol–water partition coefficient (Wildman–Crippen LogP) is 1.71. The Morgan fingerprint density at radius 3 is 2.82 bits per heavy atom. The van der Waals surface area contributed by atoms with Crippen molar-refractivity contribution in [2.24, 2.45) is 11.1 Å². The van der Waals surface area contributed by atoms with E-state index in [1.54, 1.807) is 4.90 Å². The molecule has 5 nitrogen and oxygen atoms in total. The molecule has 0 aliphatic carbocycles. The fraction of sp³-hybridized carbons (Fsp3) is 0.500. The summed E-state index contributed by atoms with van der Waals surface area (Å²) < 4.78 is 22.2. The summed E-state index contributed by atoms with van der Waals surface area (Å²) in [7, 11) is -3.47. The first kappa shape index (κ1) is 17.6. The van der Waals surface area contributed by atoms with E-state index < -0.39 is 10.0 Å². The number of nitrogens with two attached hydrogens (primary N) is 1. The molecule has 1 aliphatic rings. The van der Waals surface area contributed by atoms with Gasteiger partial charge in [-0.25, -0.2) is 13.6 Å². The first-order valence-electron chi connectivity index (χ1n) is 6.94. The maximum Gasteiger partial charge on any atom is 0.232 e. The summed E-state index contributed by atoms with van der Waals surface area (Å²) >= 11 is 7.58. The molecular formula is C14H19ClN2O3S2. The van der Waals surface area contributed by atoms with E-state index in [9.17, 15) is 13.2 Å². The quantitative estimate of drug-likeness (QED) is 0.835. The maximum absolute atomic E-state index is 12.1. The van der Waals surface area contributed by atoms with E-state index in [2.05, 4.69) is 0 Å². The van der Waals surface area contributed by atoms with Crippen LogP contribution in [0.3, 0.4) is 0 Å². The SMILES string of the molecule is NS(=O)(=O)CC1CCN(C(=O)CSCc2ccccc2Cl)C1. The minimum absolute atomic E-state index is 0.0361. The second-order valence-electron chi connectivity index (χ2n) is 5.41. The summed E-state index contributed by atoms with van der Waals surface area (Å²) in [6.45, 7) is 1.08. The number of nitrogens with zero attached hydrogens (tertiary/aromatic N) is 1. The average molecular weight is 363 g/mol. The molecule has 0 aromatic heterocycles. The molecule has 1 saturated heterocycles. The lowest BCUT2D eigenvalue weighted by Crippen LogP contribution is -2.32. The molecule has 22 heavy (non-hydrogen) atoms. The van der Waals surface area contributed by atoms with Crippen LogP contribution in [0.2, 0.25) is 5.02 Å². The van der Waals surface area contributed by atoms with Crippen molar-refractivity contribution in [2.75, 3.05) is 24.6 Å². The smallest absolute Gasteiger partial charge is 0.232 e. The zero-order valence-corrected chi connectivity index (χ0v) is 14.5. The van der Waals surface area contributed by atoms with Crippen LogP contribution >= 0.6 is 23.4 Å². The summed E-state index contributed by atoms with van der Waals surface area (Å²) in [5, 5.41) is 5.75. The number of amides is 1. The van der Waals surface area contributed by atoms with Crippen LogP contribution in [0.5, 0.6) is 0 Å². The number of sulfonamides is 1. The maximum atomic E-state index is 12.1. The van der Waals surface area contributed by atoms with E-state index in [1.807, 2.05) is 24.3 Å². The topological polar surface area (TPSA) is 80.5 Å². The number of hydrogen-bond donors (Lipinski definition) is 1. The molecule has 2 rings (SSSR count). The molecule has 122 valence electrons. The van der Waals surface area contributed by atoms with Crippen molar-refractivity contribution >= 4 is 39.3 Å². The zero-order chi connectivity index (χ0) is 16.2. The summed E-state index contributed by atoms with van der Waals surface area (Å²) in [6, 6.07) is 7.56. The van der Waals surface area contributed by atoms with Gasteiger partial charge in [-0.1, -0.05) is 29.8 Å². The fourth-order valence-corrected chi connectivity index (χ4v) is 4.62. The Hall–Kier alpha value is -0.760. The van der Waals surface area contributed by atoms with Crippen molar-refractivity contribution in [3.63, 3.8) is 0 Å². The van der Waals surface area contributed by atoms with Gasteiger partial charge in [0.15, 0.2) is 0 Å². The second kappa shape index (κ2) is 7.68. The number of thioether (sulfide) groups is 1. The van der Waals surface area contributed by atoms with Gasteiger partial charge in [0.1, 0.15) is 0 Å². The highest BCUT2D eigenvalue weighted by Crippen LogP contribution is 2.22. The zero-order valence-electron chi connectivity index (χ0n) is 12.1. The number of hydrogen-bond acceptors (Lipinski definition) is 4. The largest absolute Gasteiger partial charge is 0.342 e. The normalized spacial score (nSPS) is 18.6. The molecular weight excluding hydrogens is 344 g/mol. The highest BCUT2D eigenvalue weighted by atomic mass is 35.5. The third-order valence-corrected chi connectivity index (χ3v) is 5.82. The highest BCUT2D eigenvalue weighted by molar-refractivity contribution is 7.99. The first-order chi connectivity index (χ1) is 10.3. The van der Waals surface area contributed by atoms with Crippen LogP contribution in [-0.4, -0.2) is 43.8 Å². The van der Waals surface area contributed by atoms with Gasteiger partial charge in [-0.05, 0) is 24.0 Å². The molecule has 1 aromatic carbocycles. The third kappa shape index (κ3) is 5.46.